The third kappa shape index (κ3) is 4.76. The lowest BCUT2D eigenvalue weighted by Crippen LogP contribution is -2.67. The van der Waals surface area contributed by atoms with Crippen molar-refractivity contribution in [3.63, 3.8) is 0 Å². The van der Waals surface area contributed by atoms with E-state index in [1.807, 2.05) is 9.80 Å². The van der Waals surface area contributed by atoms with E-state index in [0.29, 0.717) is 48.9 Å². The van der Waals surface area contributed by atoms with Gasteiger partial charge in [-0.25, -0.2) is 0 Å². The van der Waals surface area contributed by atoms with Gasteiger partial charge in [0.15, 0.2) is 0 Å². The molecule has 236 valence electrons. The number of likely N-dealkylation sites (tertiary alicyclic amines) is 2. The number of nitrogens with one attached hydrogen (secondary N) is 1. The number of amides is 4. The second-order valence-electron chi connectivity index (χ2n) is 12.8. The normalized spacial score (nSPS) is 31.5. The van der Waals surface area contributed by atoms with Gasteiger partial charge in [-0.15, -0.1) is 11.3 Å². The smallest absolute Gasteiger partial charge is 0.340 e. The lowest BCUT2D eigenvalue weighted by molar-refractivity contribution is -0.155. The Hall–Kier alpha value is -2.93. The van der Waals surface area contributed by atoms with Crippen molar-refractivity contribution in [1.29, 1.82) is 0 Å². The number of halogens is 2. The highest BCUT2D eigenvalue weighted by atomic mass is 32.1. The molecule has 4 saturated heterocycles. The standard InChI is InChI=1S/C29H33F2N4O7PS/c1-14(36)33-7-6-21-23(33)13-34(21)28(39)22-4-3-19-10-15-8-16(15)11-20(27(38)35(19)22)32-26(37)25-12-17-9-18(2-5-24(17)44-25)29(30,31)43(40,41)42/h2,5,9,12,15-16,19-23H,3-4,6-8,10-11,13H2,1H3,(H,32,37)(H2,40,41,42)/t15-,16+,19-,20+,21?,22+,23?/m1/s1. The molecule has 11 nitrogen and oxygen atoms in total. The van der Waals surface area contributed by atoms with Crippen LogP contribution in [0.1, 0.15) is 60.7 Å². The van der Waals surface area contributed by atoms with Gasteiger partial charge in [0.25, 0.3) is 5.91 Å². The fraction of sp³-hybridized carbons (Fsp3) is 0.586. The van der Waals surface area contributed by atoms with Crippen molar-refractivity contribution in [2.45, 2.75) is 81.3 Å². The molecule has 5 fully saturated rings. The number of alkyl halides is 2. The van der Waals surface area contributed by atoms with E-state index in [4.69, 9.17) is 9.79 Å². The van der Waals surface area contributed by atoms with Crippen molar-refractivity contribution >= 4 is 52.6 Å². The first-order chi connectivity index (χ1) is 20.7. The molecule has 0 spiro atoms. The van der Waals surface area contributed by atoms with E-state index in [2.05, 4.69) is 5.32 Å². The molecule has 7 atom stereocenters. The van der Waals surface area contributed by atoms with Crippen LogP contribution in [0, 0.1) is 11.8 Å². The molecule has 1 aromatic carbocycles. The SMILES string of the molecule is CC(=O)N1CCC2C1CN2C(=O)[C@@H]1CC[C@@H]2C[C@H]3C[C@H]3C[C@H](NC(=O)c3cc4cc(C(F)(F)P(=O)(O)O)ccc4s3)C(=O)N21. The summed E-state index contributed by atoms with van der Waals surface area (Å²) in [5, 5.41) is 3.09. The molecule has 1 aromatic heterocycles. The zero-order valence-electron chi connectivity index (χ0n) is 23.9. The van der Waals surface area contributed by atoms with Crippen LogP contribution in [0.4, 0.5) is 8.78 Å². The molecule has 2 unspecified atom stereocenters. The van der Waals surface area contributed by atoms with Gasteiger partial charge in [0.2, 0.25) is 17.7 Å². The van der Waals surface area contributed by atoms with Crippen LogP contribution in [0.2, 0.25) is 0 Å². The topological polar surface area (TPSA) is 148 Å². The van der Waals surface area contributed by atoms with Crippen LogP contribution in [0.15, 0.2) is 24.3 Å². The van der Waals surface area contributed by atoms with Gasteiger partial charge in [-0.1, -0.05) is 6.07 Å². The van der Waals surface area contributed by atoms with Crippen LogP contribution in [0.3, 0.4) is 0 Å². The summed E-state index contributed by atoms with van der Waals surface area (Å²) in [6.07, 6.45) is 4.23. The van der Waals surface area contributed by atoms with Gasteiger partial charge in [0, 0.05) is 36.3 Å². The minimum atomic E-state index is -5.75. The van der Waals surface area contributed by atoms with E-state index >= 15 is 0 Å². The van der Waals surface area contributed by atoms with Crippen LogP contribution >= 0.6 is 18.9 Å². The van der Waals surface area contributed by atoms with Gasteiger partial charge < -0.3 is 29.8 Å². The number of fused-ring (bicyclic) bond motifs is 4. The van der Waals surface area contributed by atoms with Crippen molar-refractivity contribution in [1.82, 2.24) is 20.0 Å². The van der Waals surface area contributed by atoms with Gasteiger partial charge in [-0.3, -0.25) is 23.7 Å². The molecular formula is C29H33F2N4O7PS. The molecule has 44 heavy (non-hydrogen) atoms. The molecule has 4 aliphatic heterocycles. The molecule has 1 aliphatic carbocycles. The zero-order chi connectivity index (χ0) is 31.3. The second-order valence-corrected chi connectivity index (χ2v) is 15.6. The Balaban J connectivity index is 1.09. The van der Waals surface area contributed by atoms with Crippen molar-refractivity contribution in [2.75, 3.05) is 13.1 Å². The first-order valence-corrected chi connectivity index (χ1v) is 17.4. The minimum absolute atomic E-state index is 0.000184. The van der Waals surface area contributed by atoms with Crippen LogP contribution in [0.25, 0.3) is 10.1 Å². The summed E-state index contributed by atoms with van der Waals surface area (Å²) in [4.78, 5) is 76.9. The quantitative estimate of drug-likeness (QED) is 0.422. The average Bonchev–Trinajstić information content (AvgIpc) is 3.26. The van der Waals surface area contributed by atoms with E-state index in [1.165, 1.54) is 19.1 Å². The second kappa shape index (κ2) is 10.3. The molecular weight excluding hydrogens is 617 g/mol. The van der Waals surface area contributed by atoms with E-state index in [9.17, 15) is 32.5 Å². The molecule has 7 rings (SSSR count). The molecule has 5 aliphatic rings. The highest BCUT2D eigenvalue weighted by molar-refractivity contribution is 7.52. The summed E-state index contributed by atoms with van der Waals surface area (Å²) in [6, 6.07) is 2.99. The zero-order valence-corrected chi connectivity index (χ0v) is 25.6. The fourth-order valence-corrected chi connectivity index (χ4v) is 9.25. The number of hydrogen-bond donors (Lipinski definition) is 3. The Bertz CT molecular complexity index is 1630. The number of hydrogen-bond acceptors (Lipinski definition) is 6. The van der Waals surface area contributed by atoms with Crippen LogP contribution in [-0.2, 0) is 24.6 Å². The maximum absolute atomic E-state index is 14.3. The molecule has 0 bridgehead atoms. The minimum Gasteiger partial charge on any atom is -0.340 e. The van der Waals surface area contributed by atoms with Crippen LogP contribution in [-0.4, -0.2) is 91.4 Å². The highest BCUT2D eigenvalue weighted by Gasteiger charge is 2.56. The number of nitrogens with zero attached hydrogens (tertiary/aromatic N) is 3. The van der Waals surface area contributed by atoms with Crippen molar-refractivity contribution in [3.05, 3.63) is 34.7 Å². The number of carbonyl (C=O) groups excluding carboxylic acids is 4. The molecule has 15 heteroatoms. The summed E-state index contributed by atoms with van der Waals surface area (Å²) < 4.78 is 40.4. The van der Waals surface area contributed by atoms with Crippen molar-refractivity contribution in [3.8, 4) is 0 Å². The van der Waals surface area contributed by atoms with Crippen LogP contribution < -0.4 is 5.32 Å². The average molecular weight is 651 g/mol. The Morgan fingerprint density at radius 3 is 2.50 bits per heavy atom. The number of rotatable bonds is 5. The first-order valence-electron chi connectivity index (χ1n) is 14.9. The fourth-order valence-electron chi connectivity index (χ4n) is 7.83. The summed E-state index contributed by atoms with van der Waals surface area (Å²) in [5.41, 5.74) is -5.23. The Kier molecular flexibility index (Phi) is 6.97. The summed E-state index contributed by atoms with van der Waals surface area (Å²) in [5.74, 6) is -0.214. The monoisotopic (exact) mass is 650 g/mol. The highest BCUT2D eigenvalue weighted by Crippen LogP contribution is 2.59. The molecule has 3 N–H and O–H groups in total. The van der Waals surface area contributed by atoms with Gasteiger partial charge in [-0.2, -0.15) is 8.78 Å². The Morgan fingerprint density at radius 2 is 1.77 bits per heavy atom. The van der Waals surface area contributed by atoms with E-state index in [0.717, 1.165) is 42.7 Å². The Labute approximate surface area is 255 Å². The maximum Gasteiger partial charge on any atom is 0.399 e. The lowest BCUT2D eigenvalue weighted by atomic mass is 9.95. The van der Waals surface area contributed by atoms with E-state index < -0.39 is 36.8 Å². The van der Waals surface area contributed by atoms with E-state index in [-0.39, 0.29) is 46.1 Å². The van der Waals surface area contributed by atoms with Gasteiger partial charge in [-0.05, 0) is 73.9 Å². The van der Waals surface area contributed by atoms with Gasteiger partial charge >= 0.3 is 13.3 Å². The van der Waals surface area contributed by atoms with Crippen LogP contribution in [0.5, 0.6) is 0 Å². The van der Waals surface area contributed by atoms with E-state index in [1.54, 1.807) is 4.90 Å². The predicted molar refractivity (Wildman–Crippen MR) is 155 cm³/mol. The molecule has 2 aromatic rings. The molecule has 1 saturated carbocycles. The van der Waals surface area contributed by atoms with Gasteiger partial charge in [0.1, 0.15) is 12.1 Å². The third-order valence-electron chi connectivity index (χ3n) is 10.3. The molecule has 5 heterocycles. The lowest BCUT2D eigenvalue weighted by Gasteiger charge is -2.48. The number of thiophene rings is 1. The van der Waals surface area contributed by atoms with Crippen molar-refractivity contribution < 1.29 is 42.3 Å². The predicted octanol–water partition coefficient (Wildman–Crippen LogP) is 2.85. The molecule has 4 amide bonds. The maximum atomic E-state index is 14.3. The summed E-state index contributed by atoms with van der Waals surface area (Å²) in [7, 11) is -5.75. The summed E-state index contributed by atoms with van der Waals surface area (Å²) in [6.45, 7) is 2.62. The third-order valence-corrected chi connectivity index (χ3v) is 12.4. The Morgan fingerprint density at radius 1 is 1.02 bits per heavy atom. The largest absolute Gasteiger partial charge is 0.399 e. The first kappa shape index (κ1) is 29.8. The van der Waals surface area contributed by atoms with Crippen molar-refractivity contribution in [2.24, 2.45) is 11.8 Å². The number of carbonyl (C=O) groups is 4. The molecule has 0 radical (unpaired) electrons. The summed E-state index contributed by atoms with van der Waals surface area (Å²) >= 11 is 1.03. The number of benzene rings is 1. The van der Waals surface area contributed by atoms with Gasteiger partial charge in [0.05, 0.1) is 17.0 Å².